The Kier molecular flexibility index (Phi) is 4.12. The summed E-state index contributed by atoms with van der Waals surface area (Å²) in [7, 11) is 0. The molecule has 0 radical (unpaired) electrons. The van der Waals surface area contributed by atoms with E-state index in [0.717, 1.165) is 61.1 Å². The molecule has 0 saturated heterocycles. The number of fused-ring (bicyclic) bond motifs is 10. The molecule has 6 nitrogen and oxygen atoms in total. The van der Waals surface area contributed by atoms with Crippen LogP contribution < -0.4 is 0 Å². The Morgan fingerprint density at radius 2 is 1.46 bits per heavy atom. The summed E-state index contributed by atoms with van der Waals surface area (Å²) >= 11 is 1.82. The molecule has 4 aromatic heterocycles. The third-order valence-electron chi connectivity index (χ3n) is 7.26. The number of aromatic nitrogens is 6. The molecule has 0 unspecified atom stereocenters. The predicted octanol–water partition coefficient (Wildman–Crippen LogP) is 8.00. The molecule has 0 aliphatic carbocycles. The van der Waals surface area contributed by atoms with Crippen LogP contribution in [0.2, 0.25) is 0 Å². The highest BCUT2D eigenvalue weighted by Crippen LogP contribution is 2.40. The zero-order chi connectivity index (χ0) is 24.8. The van der Waals surface area contributed by atoms with Gasteiger partial charge in [-0.1, -0.05) is 38.1 Å². The van der Waals surface area contributed by atoms with E-state index in [0.29, 0.717) is 5.92 Å². The summed E-state index contributed by atoms with van der Waals surface area (Å²) in [4.78, 5) is 25.8. The van der Waals surface area contributed by atoms with Gasteiger partial charge in [0.05, 0.1) is 27.6 Å². The normalized spacial score (nSPS) is 12.4. The van der Waals surface area contributed by atoms with Crippen LogP contribution in [0.3, 0.4) is 0 Å². The maximum Gasteiger partial charge on any atom is 0.115 e. The van der Waals surface area contributed by atoms with Crippen molar-refractivity contribution in [1.29, 1.82) is 0 Å². The van der Waals surface area contributed by atoms with E-state index in [9.17, 15) is 0 Å². The molecule has 0 spiro atoms. The topological polar surface area (TPSA) is 83.1 Å². The van der Waals surface area contributed by atoms with Crippen LogP contribution >= 0.6 is 11.3 Å². The lowest BCUT2D eigenvalue weighted by molar-refractivity contribution is 0.799. The summed E-state index contributed by atoms with van der Waals surface area (Å²) in [5, 5.41) is 4.70. The van der Waals surface area contributed by atoms with Crippen molar-refractivity contribution in [2.24, 2.45) is 0 Å². The van der Waals surface area contributed by atoms with Crippen molar-refractivity contribution in [3.05, 3.63) is 72.6 Å². The van der Waals surface area contributed by atoms with Crippen LogP contribution in [-0.4, -0.2) is 29.9 Å². The third-order valence-corrected chi connectivity index (χ3v) is 8.38. The molecule has 0 bridgehead atoms. The standard InChI is InChI=1S/C30H22N6S/c1-14(2)30-35-22-12-20-18-6-4-17(11-24(18)37-25(20)13-23(22)36-30)16-5-7-19-21(10-16)26-28(32-9-8-31-26)29-27(19)33-15(3)34-29/h4-14H,1-3H3,(H,33,34)(H,35,36). The molecule has 4 heterocycles. The van der Waals surface area contributed by atoms with Crippen LogP contribution in [-0.2, 0) is 0 Å². The van der Waals surface area contributed by atoms with Gasteiger partial charge in [0.1, 0.15) is 17.2 Å². The van der Waals surface area contributed by atoms with Crippen molar-refractivity contribution < 1.29 is 0 Å². The lowest BCUT2D eigenvalue weighted by Gasteiger charge is -2.08. The number of imidazole rings is 2. The van der Waals surface area contributed by atoms with Gasteiger partial charge in [-0.15, -0.1) is 11.3 Å². The second-order valence-electron chi connectivity index (χ2n) is 10.0. The highest BCUT2D eigenvalue weighted by Gasteiger charge is 2.16. The summed E-state index contributed by atoms with van der Waals surface area (Å²) in [5.74, 6) is 2.29. The van der Waals surface area contributed by atoms with Crippen molar-refractivity contribution >= 4 is 75.4 Å². The molecule has 4 aromatic carbocycles. The van der Waals surface area contributed by atoms with E-state index in [1.807, 2.05) is 18.3 Å². The van der Waals surface area contributed by atoms with Gasteiger partial charge in [0.2, 0.25) is 0 Å². The van der Waals surface area contributed by atoms with E-state index in [2.05, 4.69) is 77.3 Å². The summed E-state index contributed by atoms with van der Waals surface area (Å²) < 4.78 is 2.53. The summed E-state index contributed by atoms with van der Waals surface area (Å²) in [6.07, 6.45) is 3.50. The quantitative estimate of drug-likeness (QED) is 0.237. The Hall–Kier alpha value is -4.36. The summed E-state index contributed by atoms with van der Waals surface area (Å²) in [5.41, 5.74) is 8.10. The fraction of sp³-hybridized carbons (Fsp3) is 0.133. The Bertz CT molecular complexity index is 2200. The van der Waals surface area contributed by atoms with Gasteiger partial charge in [-0.2, -0.15) is 0 Å². The van der Waals surface area contributed by atoms with Crippen LogP contribution in [0.25, 0.3) is 75.2 Å². The van der Waals surface area contributed by atoms with Gasteiger partial charge in [0, 0.05) is 49.3 Å². The molecule has 0 amide bonds. The number of benzene rings is 4. The molecule has 0 aliphatic heterocycles. The van der Waals surface area contributed by atoms with Crippen LogP contribution in [0, 0.1) is 6.92 Å². The van der Waals surface area contributed by atoms with Crippen molar-refractivity contribution in [3.63, 3.8) is 0 Å². The van der Waals surface area contributed by atoms with Crippen LogP contribution in [0.1, 0.15) is 31.4 Å². The highest BCUT2D eigenvalue weighted by molar-refractivity contribution is 7.25. The van der Waals surface area contributed by atoms with Crippen LogP contribution in [0.4, 0.5) is 0 Å². The molecule has 0 atom stereocenters. The molecule has 0 saturated carbocycles. The fourth-order valence-electron chi connectivity index (χ4n) is 5.46. The van der Waals surface area contributed by atoms with Gasteiger partial charge < -0.3 is 9.97 Å². The zero-order valence-electron chi connectivity index (χ0n) is 20.5. The number of aryl methyl sites for hydroxylation is 1. The second kappa shape index (κ2) is 7.33. The minimum Gasteiger partial charge on any atom is -0.342 e. The van der Waals surface area contributed by atoms with Crippen molar-refractivity contribution in [1.82, 2.24) is 29.9 Å². The third kappa shape index (κ3) is 2.98. The largest absolute Gasteiger partial charge is 0.342 e. The number of rotatable bonds is 2. The number of nitrogens with one attached hydrogen (secondary N) is 2. The summed E-state index contributed by atoms with van der Waals surface area (Å²) in [6.45, 7) is 6.30. The number of aromatic amines is 2. The van der Waals surface area contributed by atoms with Gasteiger partial charge in [-0.3, -0.25) is 9.97 Å². The van der Waals surface area contributed by atoms with Gasteiger partial charge in [-0.05, 0) is 42.3 Å². The molecule has 8 rings (SSSR count). The Morgan fingerprint density at radius 3 is 2.30 bits per heavy atom. The van der Waals surface area contributed by atoms with Crippen molar-refractivity contribution in [2.75, 3.05) is 0 Å². The minimum absolute atomic E-state index is 0.378. The first-order chi connectivity index (χ1) is 18.0. The van der Waals surface area contributed by atoms with Gasteiger partial charge in [-0.25, -0.2) is 9.97 Å². The van der Waals surface area contributed by atoms with E-state index >= 15 is 0 Å². The number of thiophene rings is 1. The molecule has 7 heteroatoms. The molecule has 0 fully saturated rings. The molecule has 2 N–H and O–H groups in total. The number of hydrogen-bond donors (Lipinski definition) is 2. The predicted molar refractivity (Wildman–Crippen MR) is 153 cm³/mol. The molecular weight excluding hydrogens is 476 g/mol. The van der Waals surface area contributed by atoms with Crippen molar-refractivity contribution in [3.8, 4) is 11.1 Å². The van der Waals surface area contributed by atoms with E-state index in [1.165, 1.54) is 25.7 Å². The van der Waals surface area contributed by atoms with Crippen LogP contribution in [0.5, 0.6) is 0 Å². The van der Waals surface area contributed by atoms with Gasteiger partial charge in [0.25, 0.3) is 0 Å². The Balaban J connectivity index is 1.33. The monoisotopic (exact) mass is 498 g/mol. The van der Waals surface area contributed by atoms with E-state index in [4.69, 9.17) is 15.0 Å². The Morgan fingerprint density at radius 1 is 0.703 bits per heavy atom. The molecule has 178 valence electrons. The van der Waals surface area contributed by atoms with Crippen LogP contribution in [0.15, 0.2) is 60.9 Å². The van der Waals surface area contributed by atoms with Gasteiger partial charge in [0.15, 0.2) is 0 Å². The maximum absolute atomic E-state index is 4.81. The average Bonchev–Trinajstić information content (AvgIpc) is 3.61. The SMILES string of the molecule is Cc1nc2c3ccc(-c4ccc5c(c4)sc4cc6nc(C(C)C)[nH]c6cc45)cc3c3nccnc3c2[nH]1. The lowest BCUT2D eigenvalue weighted by atomic mass is 9.98. The summed E-state index contributed by atoms with van der Waals surface area (Å²) in [6, 6.07) is 17.8. The Labute approximate surface area is 215 Å². The first-order valence-electron chi connectivity index (χ1n) is 12.4. The number of hydrogen-bond acceptors (Lipinski definition) is 5. The smallest absolute Gasteiger partial charge is 0.115 e. The van der Waals surface area contributed by atoms with E-state index in [1.54, 1.807) is 12.4 Å². The van der Waals surface area contributed by atoms with Gasteiger partial charge >= 0.3 is 0 Å². The number of nitrogens with zero attached hydrogens (tertiary/aromatic N) is 4. The second-order valence-corrected chi connectivity index (χ2v) is 11.1. The van der Waals surface area contributed by atoms with Crippen molar-refractivity contribution in [2.45, 2.75) is 26.7 Å². The molecule has 37 heavy (non-hydrogen) atoms. The van der Waals surface area contributed by atoms with E-state index in [-0.39, 0.29) is 0 Å². The minimum atomic E-state index is 0.378. The zero-order valence-corrected chi connectivity index (χ0v) is 21.4. The molecule has 8 aromatic rings. The maximum atomic E-state index is 4.81. The molecular formula is C30H22N6S. The molecule has 0 aliphatic rings. The average molecular weight is 499 g/mol. The fourth-order valence-corrected chi connectivity index (χ4v) is 6.62. The highest BCUT2D eigenvalue weighted by atomic mass is 32.1. The van der Waals surface area contributed by atoms with E-state index < -0.39 is 0 Å². The lowest BCUT2D eigenvalue weighted by Crippen LogP contribution is -1.88. The first kappa shape index (κ1) is 20.8. The first-order valence-corrected chi connectivity index (χ1v) is 13.2. The number of H-pyrrole nitrogens is 2.